The fourth-order valence-corrected chi connectivity index (χ4v) is 2.15. The molecule has 0 radical (unpaired) electrons. The minimum Gasteiger partial charge on any atom is -0.438 e. The number of hydrogen-bond acceptors (Lipinski definition) is 5. The molecule has 0 saturated carbocycles. The summed E-state index contributed by atoms with van der Waals surface area (Å²) in [5.74, 6) is 6.96. The normalized spacial score (nSPS) is 10.8. The Morgan fingerprint density at radius 2 is 2.00 bits per heavy atom. The van der Waals surface area contributed by atoms with Gasteiger partial charge in [0.25, 0.3) is 0 Å². The molecule has 21 heavy (non-hydrogen) atoms. The van der Waals surface area contributed by atoms with Crippen LogP contribution in [0.5, 0.6) is 11.6 Å². The molecule has 0 aliphatic carbocycles. The number of hydrazine groups is 1. The Morgan fingerprint density at radius 1 is 1.29 bits per heavy atom. The van der Waals surface area contributed by atoms with E-state index in [0.717, 1.165) is 0 Å². The molecule has 2 aromatic rings. The van der Waals surface area contributed by atoms with E-state index in [4.69, 9.17) is 10.6 Å². The van der Waals surface area contributed by atoms with Gasteiger partial charge in [-0.1, -0.05) is 29.8 Å². The third kappa shape index (κ3) is 3.68. The molecule has 1 aromatic heterocycles. The van der Waals surface area contributed by atoms with Crippen molar-refractivity contribution in [3.8, 4) is 11.6 Å². The fraction of sp³-hybridized carbons (Fsp3) is 0.286. The van der Waals surface area contributed by atoms with Crippen molar-refractivity contribution >= 4 is 21.7 Å². The first-order valence-electron chi connectivity index (χ1n) is 6.39. The summed E-state index contributed by atoms with van der Waals surface area (Å²) in [6.07, 6.45) is 0. The topological polar surface area (TPSA) is 73.1 Å². The van der Waals surface area contributed by atoms with Gasteiger partial charge in [0, 0.05) is 16.5 Å². The number of rotatable bonds is 4. The van der Waals surface area contributed by atoms with Crippen LogP contribution in [0.1, 0.15) is 31.2 Å². The third-order valence-electron chi connectivity index (χ3n) is 2.82. The van der Waals surface area contributed by atoms with Gasteiger partial charge in [0.15, 0.2) is 5.82 Å². The van der Waals surface area contributed by atoms with E-state index in [2.05, 4.69) is 31.3 Å². The summed E-state index contributed by atoms with van der Waals surface area (Å²) in [5, 5.41) is 0. The summed E-state index contributed by atoms with van der Waals surface area (Å²) in [6, 6.07) is 4.30. The largest absolute Gasteiger partial charge is 0.438 e. The quantitative estimate of drug-likeness (QED) is 0.643. The van der Waals surface area contributed by atoms with E-state index >= 15 is 0 Å². The Balaban J connectivity index is 2.45. The zero-order chi connectivity index (χ0) is 15.6. The van der Waals surface area contributed by atoms with Crippen LogP contribution in [0.3, 0.4) is 0 Å². The van der Waals surface area contributed by atoms with Crippen LogP contribution in [-0.2, 0) is 0 Å². The summed E-state index contributed by atoms with van der Waals surface area (Å²) in [6.45, 7) is 5.71. The van der Waals surface area contributed by atoms with Crippen molar-refractivity contribution in [1.82, 2.24) is 9.97 Å². The van der Waals surface area contributed by atoms with E-state index in [1.807, 2.05) is 13.8 Å². The zero-order valence-corrected chi connectivity index (χ0v) is 13.5. The van der Waals surface area contributed by atoms with Crippen LogP contribution in [-0.4, -0.2) is 9.97 Å². The van der Waals surface area contributed by atoms with Crippen molar-refractivity contribution in [3.63, 3.8) is 0 Å². The molecule has 5 nitrogen and oxygen atoms in total. The maximum Gasteiger partial charge on any atom is 0.227 e. The van der Waals surface area contributed by atoms with Crippen LogP contribution in [0, 0.1) is 12.7 Å². The van der Waals surface area contributed by atoms with E-state index in [-0.39, 0.29) is 5.92 Å². The molecule has 0 fully saturated rings. The number of halogens is 2. The molecule has 7 heteroatoms. The van der Waals surface area contributed by atoms with Crippen molar-refractivity contribution in [1.29, 1.82) is 0 Å². The predicted molar refractivity (Wildman–Crippen MR) is 82.8 cm³/mol. The Bertz CT molecular complexity index is 643. The molecule has 0 unspecified atom stereocenters. The zero-order valence-electron chi connectivity index (χ0n) is 11.9. The number of anilines is 1. The molecule has 1 aromatic carbocycles. The van der Waals surface area contributed by atoms with Gasteiger partial charge in [0.2, 0.25) is 5.88 Å². The molecule has 0 saturated heterocycles. The first kappa shape index (κ1) is 15.7. The molecule has 112 valence electrons. The number of aromatic nitrogens is 2. The standard InChI is InChI=1S/C14H16BrFN4O/c1-7(2)12-18-13(20-17)8(3)14(19-12)21-11-5-9(15)4-10(16)6-11/h4-7H,17H2,1-3H3,(H,18,19,20). The molecule has 2 rings (SSSR count). The van der Waals surface area contributed by atoms with Gasteiger partial charge in [0.1, 0.15) is 17.4 Å². The van der Waals surface area contributed by atoms with E-state index in [0.29, 0.717) is 33.3 Å². The summed E-state index contributed by atoms with van der Waals surface area (Å²) in [4.78, 5) is 8.69. The van der Waals surface area contributed by atoms with E-state index in [1.54, 1.807) is 13.0 Å². The lowest BCUT2D eigenvalue weighted by Gasteiger charge is -2.14. The fourth-order valence-electron chi connectivity index (χ4n) is 1.71. The van der Waals surface area contributed by atoms with Gasteiger partial charge < -0.3 is 10.2 Å². The van der Waals surface area contributed by atoms with Crippen LogP contribution in [0.2, 0.25) is 0 Å². The van der Waals surface area contributed by atoms with Crippen molar-refractivity contribution in [2.45, 2.75) is 26.7 Å². The highest BCUT2D eigenvalue weighted by Gasteiger charge is 2.15. The molecule has 0 aliphatic rings. The maximum atomic E-state index is 13.4. The van der Waals surface area contributed by atoms with Gasteiger partial charge in [0.05, 0.1) is 5.56 Å². The van der Waals surface area contributed by atoms with E-state index in [1.165, 1.54) is 12.1 Å². The van der Waals surface area contributed by atoms with Gasteiger partial charge in [-0.25, -0.2) is 15.2 Å². The summed E-state index contributed by atoms with van der Waals surface area (Å²) >= 11 is 3.23. The number of nitrogens with two attached hydrogens (primary N) is 1. The summed E-state index contributed by atoms with van der Waals surface area (Å²) in [7, 11) is 0. The lowest BCUT2D eigenvalue weighted by molar-refractivity contribution is 0.448. The van der Waals surface area contributed by atoms with Crippen LogP contribution in [0.15, 0.2) is 22.7 Å². The van der Waals surface area contributed by atoms with Crippen LogP contribution < -0.4 is 16.0 Å². The molecule has 1 heterocycles. The monoisotopic (exact) mass is 354 g/mol. The van der Waals surface area contributed by atoms with Gasteiger partial charge in [-0.3, -0.25) is 0 Å². The molecule has 0 atom stereocenters. The minimum absolute atomic E-state index is 0.110. The second-order valence-corrected chi connectivity index (χ2v) is 5.78. The first-order valence-corrected chi connectivity index (χ1v) is 7.19. The van der Waals surface area contributed by atoms with Crippen molar-refractivity contribution in [3.05, 3.63) is 39.9 Å². The Morgan fingerprint density at radius 3 is 2.57 bits per heavy atom. The van der Waals surface area contributed by atoms with Crippen molar-refractivity contribution < 1.29 is 9.13 Å². The van der Waals surface area contributed by atoms with Gasteiger partial charge in [-0.15, -0.1) is 0 Å². The Labute approximate surface area is 130 Å². The number of benzene rings is 1. The minimum atomic E-state index is -0.396. The lowest BCUT2D eigenvalue weighted by Crippen LogP contribution is -2.13. The average molecular weight is 355 g/mol. The molecule has 0 spiro atoms. The Hall–Kier alpha value is -1.73. The van der Waals surface area contributed by atoms with Gasteiger partial charge in [-0.05, 0) is 19.1 Å². The molecule has 3 N–H and O–H groups in total. The maximum absolute atomic E-state index is 13.4. The summed E-state index contributed by atoms with van der Waals surface area (Å²) in [5.41, 5.74) is 3.18. The van der Waals surface area contributed by atoms with Crippen LogP contribution >= 0.6 is 15.9 Å². The molecular weight excluding hydrogens is 339 g/mol. The molecule has 0 amide bonds. The highest BCUT2D eigenvalue weighted by atomic mass is 79.9. The van der Waals surface area contributed by atoms with Crippen LogP contribution in [0.25, 0.3) is 0 Å². The van der Waals surface area contributed by atoms with Crippen molar-refractivity contribution in [2.24, 2.45) is 5.84 Å². The molecular formula is C14H16BrFN4O. The number of nitrogens with one attached hydrogen (secondary N) is 1. The third-order valence-corrected chi connectivity index (χ3v) is 3.28. The highest BCUT2D eigenvalue weighted by Crippen LogP contribution is 2.30. The Kier molecular flexibility index (Phi) is 4.74. The molecule has 0 aliphatic heterocycles. The number of nitrogens with zero attached hydrogens (tertiary/aromatic N) is 2. The number of nitrogen functional groups attached to an aromatic ring is 1. The number of ether oxygens (including phenoxy) is 1. The van der Waals surface area contributed by atoms with Crippen LogP contribution in [0.4, 0.5) is 10.2 Å². The smallest absolute Gasteiger partial charge is 0.227 e. The SMILES string of the molecule is Cc1c(NN)nc(C(C)C)nc1Oc1cc(F)cc(Br)c1. The van der Waals surface area contributed by atoms with E-state index < -0.39 is 5.82 Å². The second kappa shape index (κ2) is 6.36. The average Bonchev–Trinajstić information content (AvgIpc) is 2.39. The first-order chi connectivity index (χ1) is 9.90. The van der Waals surface area contributed by atoms with Gasteiger partial charge in [-0.2, -0.15) is 4.98 Å². The van der Waals surface area contributed by atoms with Crippen molar-refractivity contribution in [2.75, 3.05) is 5.43 Å². The summed E-state index contributed by atoms with van der Waals surface area (Å²) < 4.78 is 19.7. The molecule has 0 bridgehead atoms. The highest BCUT2D eigenvalue weighted by molar-refractivity contribution is 9.10. The lowest BCUT2D eigenvalue weighted by atomic mass is 10.2. The second-order valence-electron chi connectivity index (χ2n) is 4.87. The number of hydrogen-bond donors (Lipinski definition) is 2. The van der Waals surface area contributed by atoms with Gasteiger partial charge >= 0.3 is 0 Å². The van der Waals surface area contributed by atoms with E-state index in [9.17, 15) is 4.39 Å². The predicted octanol–water partition coefficient (Wildman–Crippen LogP) is 3.89.